The lowest BCUT2D eigenvalue weighted by Gasteiger charge is -2.28. The van der Waals surface area contributed by atoms with Crippen LogP contribution in [0.5, 0.6) is 0 Å². The summed E-state index contributed by atoms with van der Waals surface area (Å²) in [5, 5.41) is 5.22. The lowest BCUT2D eigenvalue weighted by atomic mass is 9.97. The van der Waals surface area contributed by atoms with Crippen molar-refractivity contribution in [3.05, 3.63) is 188 Å². The number of nitrogens with zero attached hydrogens (tertiary/aromatic N) is 1. The van der Waals surface area contributed by atoms with Crippen molar-refractivity contribution in [3.8, 4) is 33.4 Å². The Morgan fingerprint density at radius 1 is 0.354 bits per heavy atom. The van der Waals surface area contributed by atoms with Crippen molar-refractivity contribution in [3.63, 3.8) is 0 Å². The number of hydrogen-bond acceptors (Lipinski definition) is 2. The molecule has 0 bridgehead atoms. The van der Waals surface area contributed by atoms with Crippen molar-refractivity contribution in [1.82, 2.24) is 0 Å². The molecule has 0 spiro atoms. The van der Waals surface area contributed by atoms with Crippen LogP contribution in [-0.2, 0) is 0 Å². The highest BCUT2D eigenvalue weighted by atomic mass is 32.1. The van der Waals surface area contributed by atoms with Gasteiger partial charge >= 0.3 is 0 Å². The Morgan fingerprint density at radius 2 is 0.875 bits per heavy atom. The number of thiophene rings is 1. The Balaban J connectivity index is 1.18. The second-order valence-corrected chi connectivity index (χ2v) is 13.2. The normalized spacial score (nSPS) is 11.3. The largest absolute Gasteiger partial charge is 0.310 e. The van der Waals surface area contributed by atoms with Gasteiger partial charge in [0, 0.05) is 37.1 Å². The predicted octanol–water partition coefficient (Wildman–Crippen LogP) is 13.7. The van der Waals surface area contributed by atoms with Crippen LogP contribution in [0.15, 0.2) is 188 Å². The molecular weight excluding hydrogens is 599 g/mol. The number of para-hydroxylation sites is 1. The quantitative estimate of drug-likeness (QED) is 0.177. The van der Waals surface area contributed by atoms with Crippen LogP contribution in [0.1, 0.15) is 0 Å². The molecule has 9 rings (SSSR count). The van der Waals surface area contributed by atoms with E-state index in [0.29, 0.717) is 0 Å². The average molecular weight is 630 g/mol. The van der Waals surface area contributed by atoms with Gasteiger partial charge in [0.25, 0.3) is 0 Å². The van der Waals surface area contributed by atoms with Gasteiger partial charge in [0.2, 0.25) is 0 Å². The van der Waals surface area contributed by atoms with Crippen LogP contribution >= 0.6 is 11.3 Å². The molecule has 1 nitrogen and oxygen atoms in total. The van der Waals surface area contributed by atoms with Crippen LogP contribution in [0.4, 0.5) is 17.1 Å². The minimum absolute atomic E-state index is 1.11. The van der Waals surface area contributed by atoms with Crippen LogP contribution in [0.2, 0.25) is 0 Å². The van der Waals surface area contributed by atoms with E-state index in [4.69, 9.17) is 0 Å². The summed E-state index contributed by atoms with van der Waals surface area (Å²) in [7, 11) is 0. The second kappa shape index (κ2) is 12.0. The zero-order valence-electron chi connectivity index (χ0n) is 26.3. The van der Waals surface area contributed by atoms with Gasteiger partial charge in [-0.25, -0.2) is 0 Å². The molecule has 0 radical (unpaired) electrons. The van der Waals surface area contributed by atoms with E-state index in [2.05, 4.69) is 193 Å². The zero-order valence-corrected chi connectivity index (χ0v) is 27.1. The molecular formula is C46H31NS. The molecule has 0 atom stereocenters. The highest BCUT2D eigenvalue weighted by Gasteiger charge is 2.18. The lowest BCUT2D eigenvalue weighted by Crippen LogP contribution is -2.11. The van der Waals surface area contributed by atoms with Gasteiger partial charge in [-0.1, -0.05) is 140 Å². The smallest absolute Gasteiger partial charge is 0.0540 e. The first-order chi connectivity index (χ1) is 23.8. The van der Waals surface area contributed by atoms with Gasteiger partial charge in [0.1, 0.15) is 0 Å². The van der Waals surface area contributed by atoms with Gasteiger partial charge < -0.3 is 4.90 Å². The van der Waals surface area contributed by atoms with Gasteiger partial charge in [-0.15, -0.1) is 11.3 Å². The topological polar surface area (TPSA) is 3.24 Å². The van der Waals surface area contributed by atoms with Crippen molar-refractivity contribution in [1.29, 1.82) is 0 Å². The molecule has 1 aromatic heterocycles. The maximum atomic E-state index is 2.38. The van der Waals surface area contributed by atoms with Gasteiger partial charge in [0.05, 0.1) is 5.69 Å². The van der Waals surface area contributed by atoms with Crippen LogP contribution in [0.25, 0.3) is 64.3 Å². The summed E-state index contributed by atoms with van der Waals surface area (Å²) in [6.45, 7) is 0. The van der Waals surface area contributed by atoms with Gasteiger partial charge in [-0.3, -0.25) is 0 Å². The summed E-state index contributed by atoms with van der Waals surface area (Å²) < 4.78 is 2.65. The van der Waals surface area contributed by atoms with E-state index >= 15 is 0 Å². The minimum Gasteiger partial charge on any atom is -0.310 e. The van der Waals surface area contributed by atoms with E-state index in [9.17, 15) is 0 Å². The molecule has 48 heavy (non-hydrogen) atoms. The first kappa shape index (κ1) is 28.3. The van der Waals surface area contributed by atoms with E-state index in [1.807, 2.05) is 11.3 Å². The summed E-state index contributed by atoms with van der Waals surface area (Å²) in [5.74, 6) is 0. The predicted molar refractivity (Wildman–Crippen MR) is 208 cm³/mol. The van der Waals surface area contributed by atoms with E-state index in [1.54, 1.807) is 0 Å². The Hall–Kier alpha value is -5.96. The summed E-state index contributed by atoms with van der Waals surface area (Å²) >= 11 is 1.88. The third-order valence-corrected chi connectivity index (χ3v) is 10.4. The summed E-state index contributed by atoms with van der Waals surface area (Å²) in [6.07, 6.45) is 0. The standard InChI is InChI=1S/C46H31NS/c1-3-12-32(13-4-1)33-22-26-38(27-23-33)47(43-20-10-9-18-40(43)34-14-5-2-6-15-34)39-28-24-35(25-29-39)41-19-11-21-44-46(41)42-30-36-16-7-8-17-37(36)31-45(42)48-44/h1-31H. The van der Waals surface area contributed by atoms with Crippen LogP contribution < -0.4 is 4.90 Å². The second-order valence-electron chi connectivity index (χ2n) is 12.2. The first-order valence-corrected chi connectivity index (χ1v) is 17.2. The lowest BCUT2D eigenvalue weighted by molar-refractivity contribution is 1.28. The highest BCUT2D eigenvalue weighted by Crippen LogP contribution is 2.44. The molecule has 9 aromatic rings. The summed E-state index contributed by atoms with van der Waals surface area (Å²) in [6, 6.07) is 68.0. The van der Waals surface area contributed by atoms with Crippen molar-refractivity contribution < 1.29 is 0 Å². The monoisotopic (exact) mass is 629 g/mol. The van der Waals surface area contributed by atoms with E-state index in [0.717, 1.165) is 17.1 Å². The van der Waals surface area contributed by atoms with Crippen molar-refractivity contribution >= 4 is 59.3 Å². The fourth-order valence-electron chi connectivity index (χ4n) is 6.93. The molecule has 0 unspecified atom stereocenters. The van der Waals surface area contributed by atoms with Crippen LogP contribution in [0.3, 0.4) is 0 Å². The average Bonchev–Trinajstić information content (AvgIpc) is 3.53. The molecule has 2 heteroatoms. The highest BCUT2D eigenvalue weighted by molar-refractivity contribution is 7.26. The van der Waals surface area contributed by atoms with Gasteiger partial charge in [0.15, 0.2) is 0 Å². The fraction of sp³-hybridized carbons (Fsp3) is 0. The van der Waals surface area contributed by atoms with E-state index in [1.165, 1.54) is 64.3 Å². The molecule has 226 valence electrons. The fourth-order valence-corrected chi connectivity index (χ4v) is 8.10. The molecule has 0 aliphatic rings. The molecule has 8 aromatic carbocycles. The van der Waals surface area contributed by atoms with E-state index in [-0.39, 0.29) is 0 Å². The maximum Gasteiger partial charge on any atom is 0.0540 e. The third-order valence-electron chi connectivity index (χ3n) is 9.26. The molecule has 0 aliphatic carbocycles. The summed E-state index contributed by atoms with van der Waals surface area (Å²) in [4.78, 5) is 2.38. The molecule has 0 saturated heterocycles. The zero-order chi connectivity index (χ0) is 31.9. The first-order valence-electron chi connectivity index (χ1n) is 16.3. The number of benzene rings is 8. The molecule has 0 fully saturated rings. The Morgan fingerprint density at radius 3 is 1.58 bits per heavy atom. The van der Waals surface area contributed by atoms with Crippen molar-refractivity contribution in [2.24, 2.45) is 0 Å². The molecule has 0 N–H and O–H groups in total. The SMILES string of the molecule is c1ccc(-c2ccc(N(c3ccc(-c4cccc5sc6cc7ccccc7cc6c45)cc3)c3ccccc3-c3ccccc3)cc2)cc1. The third kappa shape index (κ3) is 5.04. The Kier molecular flexibility index (Phi) is 7.07. The molecule has 0 aliphatic heterocycles. The summed E-state index contributed by atoms with van der Waals surface area (Å²) in [5.41, 5.74) is 10.7. The molecule has 0 amide bonds. The van der Waals surface area contributed by atoms with Crippen LogP contribution in [0, 0.1) is 0 Å². The Labute approximate surface area is 284 Å². The molecule has 1 heterocycles. The van der Waals surface area contributed by atoms with E-state index < -0.39 is 0 Å². The van der Waals surface area contributed by atoms with Crippen molar-refractivity contribution in [2.45, 2.75) is 0 Å². The Bertz CT molecular complexity index is 2530. The van der Waals surface area contributed by atoms with Crippen LogP contribution in [-0.4, -0.2) is 0 Å². The molecule has 0 saturated carbocycles. The number of fused-ring (bicyclic) bond motifs is 4. The number of rotatable bonds is 6. The number of hydrogen-bond donors (Lipinski definition) is 0. The van der Waals surface area contributed by atoms with Crippen molar-refractivity contribution in [2.75, 3.05) is 4.90 Å². The van der Waals surface area contributed by atoms with Gasteiger partial charge in [-0.05, 0) is 87.1 Å². The minimum atomic E-state index is 1.11. The number of anilines is 3. The maximum absolute atomic E-state index is 2.38. The van der Waals surface area contributed by atoms with Gasteiger partial charge in [-0.2, -0.15) is 0 Å².